The third kappa shape index (κ3) is 4.56. The lowest BCUT2D eigenvalue weighted by Crippen LogP contribution is -2.51. The highest BCUT2D eigenvalue weighted by molar-refractivity contribution is 6.30. The Kier molecular flexibility index (Phi) is 6.04. The summed E-state index contributed by atoms with van der Waals surface area (Å²) in [5.74, 6) is 1.73. The van der Waals surface area contributed by atoms with Crippen molar-refractivity contribution in [3.8, 4) is 5.88 Å². The number of piperidine rings is 1. The van der Waals surface area contributed by atoms with E-state index in [1.54, 1.807) is 7.11 Å². The molecule has 0 radical (unpaired) electrons. The van der Waals surface area contributed by atoms with Crippen LogP contribution in [0.5, 0.6) is 5.88 Å². The fourth-order valence-electron chi connectivity index (χ4n) is 4.06. The van der Waals surface area contributed by atoms with Crippen LogP contribution in [0.25, 0.3) is 0 Å². The van der Waals surface area contributed by atoms with Crippen molar-refractivity contribution in [3.63, 3.8) is 0 Å². The first-order valence-electron chi connectivity index (χ1n) is 10.1. The molecule has 29 heavy (non-hydrogen) atoms. The van der Waals surface area contributed by atoms with Crippen molar-refractivity contribution in [1.29, 1.82) is 0 Å². The lowest BCUT2D eigenvalue weighted by molar-refractivity contribution is -0.136. The highest BCUT2D eigenvalue weighted by atomic mass is 35.5. The Bertz CT molecular complexity index is 831. The van der Waals surface area contributed by atoms with E-state index in [0.29, 0.717) is 5.88 Å². The van der Waals surface area contributed by atoms with Crippen LogP contribution in [0, 0.1) is 5.92 Å². The van der Waals surface area contributed by atoms with Crippen molar-refractivity contribution in [1.82, 2.24) is 15.1 Å². The largest absolute Gasteiger partial charge is 0.480 e. The second kappa shape index (κ2) is 8.86. The molecule has 0 N–H and O–H groups in total. The van der Waals surface area contributed by atoms with E-state index in [9.17, 15) is 4.79 Å². The molecule has 2 aromatic rings. The molecule has 2 aliphatic heterocycles. The average molecular weight is 416 g/mol. The minimum atomic E-state index is 0.0928. The summed E-state index contributed by atoms with van der Waals surface area (Å²) in [5.41, 5.74) is 1.12. The van der Waals surface area contributed by atoms with Gasteiger partial charge in [-0.1, -0.05) is 17.7 Å². The number of amides is 1. The zero-order valence-electron chi connectivity index (χ0n) is 16.6. The van der Waals surface area contributed by atoms with Gasteiger partial charge in [-0.25, -0.2) is 0 Å². The molecule has 0 unspecified atom stereocenters. The Balaban J connectivity index is 1.27. The number of rotatable bonds is 4. The van der Waals surface area contributed by atoms with Crippen LogP contribution in [-0.2, 0) is 4.79 Å². The molecule has 1 aromatic heterocycles. The Morgan fingerprint density at radius 3 is 2.38 bits per heavy atom. The van der Waals surface area contributed by atoms with Gasteiger partial charge in [-0.2, -0.15) is 0 Å². The van der Waals surface area contributed by atoms with Gasteiger partial charge in [0.15, 0.2) is 5.82 Å². The van der Waals surface area contributed by atoms with Crippen molar-refractivity contribution >= 4 is 29.0 Å². The lowest BCUT2D eigenvalue weighted by Gasteiger charge is -2.39. The number of piperazine rings is 1. The lowest BCUT2D eigenvalue weighted by atomic mass is 9.95. The molecule has 1 amide bonds. The molecule has 8 heteroatoms. The SMILES string of the molecule is COc1ccc(N2CCC(C(=O)N3CCN(c4cccc(Cl)c4)CC3)CC2)nn1. The smallest absolute Gasteiger partial charge is 0.233 e. The molecule has 0 bridgehead atoms. The summed E-state index contributed by atoms with van der Waals surface area (Å²) in [6.45, 7) is 4.84. The van der Waals surface area contributed by atoms with Crippen molar-refractivity contribution in [2.75, 3.05) is 56.2 Å². The van der Waals surface area contributed by atoms with Gasteiger partial charge in [0, 0.05) is 62.0 Å². The number of hydrogen-bond donors (Lipinski definition) is 0. The first-order chi connectivity index (χ1) is 14.1. The standard InChI is InChI=1S/C21H26ClN5O2/c1-29-20-6-5-19(23-24-20)26-9-7-16(8-10-26)21(28)27-13-11-25(12-14-27)18-4-2-3-17(22)15-18/h2-6,15-16H,7-14H2,1H3. The van der Waals surface area contributed by atoms with Crippen LogP contribution in [0.15, 0.2) is 36.4 Å². The molecule has 0 saturated carbocycles. The van der Waals surface area contributed by atoms with Gasteiger partial charge < -0.3 is 19.4 Å². The first-order valence-corrected chi connectivity index (χ1v) is 10.4. The van der Waals surface area contributed by atoms with Crippen LogP contribution >= 0.6 is 11.6 Å². The minimum Gasteiger partial charge on any atom is -0.480 e. The highest BCUT2D eigenvalue weighted by Crippen LogP contribution is 2.25. The van der Waals surface area contributed by atoms with Crippen molar-refractivity contribution in [3.05, 3.63) is 41.4 Å². The second-order valence-corrected chi connectivity index (χ2v) is 7.92. The Morgan fingerprint density at radius 2 is 1.76 bits per heavy atom. The predicted molar refractivity (Wildman–Crippen MR) is 114 cm³/mol. The van der Waals surface area contributed by atoms with Crippen LogP contribution in [0.1, 0.15) is 12.8 Å². The molecule has 0 spiro atoms. The summed E-state index contributed by atoms with van der Waals surface area (Å²) in [5, 5.41) is 9.00. The number of hydrogen-bond acceptors (Lipinski definition) is 6. The van der Waals surface area contributed by atoms with E-state index in [4.69, 9.17) is 16.3 Å². The molecular formula is C21H26ClN5O2. The van der Waals surface area contributed by atoms with E-state index in [0.717, 1.165) is 68.6 Å². The Hall–Kier alpha value is -2.54. The number of benzene rings is 1. The van der Waals surface area contributed by atoms with E-state index in [-0.39, 0.29) is 11.8 Å². The number of halogens is 1. The Morgan fingerprint density at radius 1 is 1.00 bits per heavy atom. The summed E-state index contributed by atoms with van der Waals surface area (Å²) in [7, 11) is 1.58. The van der Waals surface area contributed by atoms with Crippen LogP contribution in [0.2, 0.25) is 5.02 Å². The predicted octanol–water partition coefficient (Wildman–Crippen LogP) is 2.70. The van der Waals surface area contributed by atoms with Crippen LogP contribution in [0.4, 0.5) is 11.5 Å². The number of methoxy groups -OCH3 is 1. The minimum absolute atomic E-state index is 0.0928. The van der Waals surface area contributed by atoms with Gasteiger partial charge in [0.25, 0.3) is 0 Å². The average Bonchev–Trinajstić information content (AvgIpc) is 2.79. The summed E-state index contributed by atoms with van der Waals surface area (Å²) in [4.78, 5) is 19.5. The van der Waals surface area contributed by atoms with Gasteiger partial charge in [-0.05, 0) is 37.1 Å². The highest BCUT2D eigenvalue weighted by Gasteiger charge is 2.31. The number of nitrogens with zero attached hydrogens (tertiary/aromatic N) is 5. The number of carbonyl (C=O) groups excluding carboxylic acids is 1. The van der Waals surface area contributed by atoms with E-state index in [1.807, 2.05) is 35.2 Å². The van der Waals surface area contributed by atoms with E-state index in [2.05, 4.69) is 26.1 Å². The Labute approximate surface area is 176 Å². The molecule has 7 nitrogen and oxygen atoms in total. The van der Waals surface area contributed by atoms with Gasteiger partial charge in [-0.15, -0.1) is 10.2 Å². The van der Waals surface area contributed by atoms with Gasteiger partial charge in [-0.3, -0.25) is 4.79 Å². The maximum absolute atomic E-state index is 13.0. The number of ether oxygens (including phenoxy) is 1. The molecule has 0 aliphatic carbocycles. The maximum atomic E-state index is 13.0. The molecule has 2 fully saturated rings. The zero-order chi connectivity index (χ0) is 20.2. The van der Waals surface area contributed by atoms with E-state index >= 15 is 0 Å². The van der Waals surface area contributed by atoms with Crippen LogP contribution in [-0.4, -0.2) is 67.4 Å². The summed E-state index contributed by atoms with van der Waals surface area (Å²) >= 11 is 6.11. The third-order valence-electron chi connectivity index (χ3n) is 5.77. The molecule has 2 aliphatic rings. The van der Waals surface area contributed by atoms with Crippen molar-refractivity contribution in [2.45, 2.75) is 12.8 Å². The number of aromatic nitrogens is 2. The van der Waals surface area contributed by atoms with E-state index < -0.39 is 0 Å². The second-order valence-electron chi connectivity index (χ2n) is 7.49. The molecule has 2 saturated heterocycles. The summed E-state index contributed by atoms with van der Waals surface area (Å²) < 4.78 is 5.06. The normalized spacial score (nSPS) is 18.1. The van der Waals surface area contributed by atoms with Crippen LogP contribution < -0.4 is 14.5 Å². The summed E-state index contributed by atoms with van der Waals surface area (Å²) in [6.07, 6.45) is 1.70. The quantitative estimate of drug-likeness (QED) is 0.765. The van der Waals surface area contributed by atoms with Gasteiger partial charge in [0.05, 0.1) is 7.11 Å². The van der Waals surface area contributed by atoms with Crippen molar-refractivity contribution < 1.29 is 9.53 Å². The first kappa shape index (κ1) is 19.8. The summed E-state index contributed by atoms with van der Waals surface area (Å²) in [6, 6.07) is 11.6. The number of anilines is 2. The van der Waals surface area contributed by atoms with Crippen molar-refractivity contribution in [2.24, 2.45) is 5.92 Å². The third-order valence-corrected chi connectivity index (χ3v) is 6.00. The van der Waals surface area contributed by atoms with Gasteiger partial charge >= 0.3 is 0 Å². The molecule has 0 atom stereocenters. The molecule has 154 valence electrons. The fraction of sp³-hybridized carbons (Fsp3) is 0.476. The topological polar surface area (TPSA) is 61.8 Å². The van der Waals surface area contributed by atoms with Crippen LogP contribution in [0.3, 0.4) is 0 Å². The zero-order valence-corrected chi connectivity index (χ0v) is 17.4. The van der Waals surface area contributed by atoms with E-state index in [1.165, 1.54) is 0 Å². The van der Waals surface area contributed by atoms with Gasteiger partial charge in [0.2, 0.25) is 11.8 Å². The molecule has 3 heterocycles. The maximum Gasteiger partial charge on any atom is 0.233 e. The molecule has 4 rings (SSSR count). The monoisotopic (exact) mass is 415 g/mol. The fourth-order valence-corrected chi connectivity index (χ4v) is 4.25. The number of carbonyl (C=O) groups is 1. The van der Waals surface area contributed by atoms with Gasteiger partial charge in [0.1, 0.15) is 0 Å². The molecule has 1 aromatic carbocycles. The molecular weight excluding hydrogens is 390 g/mol.